The van der Waals surface area contributed by atoms with Crippen molar-refractivity contribution in [2.24, 2.45) is 0 Å². The molecule has 3 aromatic rings. The fraction of sp³-hybridized carbons (Fsp3) is 0.267. The van der Waals surface area contributed by atoms with Crippen molar-refractivity contribution < 1.29 is 42.4 Å². The molecule has 1 unspecified atom stereocenters. The van der Waals surface area contributed by atoms with Crippen LogP contribution >= 0.6 is 0 Å². The summed E-state index contributed by atoms with van der Waals surface area (Å²) in [4.78, 5) is 28.0. The lowest BCUT2D eigenvalue weighted by atomic mass is 9.94. The number of nitrogens with zero attached hydrogens (tertiary/aromatic N) is 1. The van der Waals surface area contributed by atoms with Gasteiger partial charge in [-0.15, -0.1) is 0 Å². The second-order valence-electron chi connectivity index (χ2n) is 8.63. The molecule has 1 amide bonds. The Bertz CT molecular complexity index is 1470. The molecule has 1 N–H and O–H groups in total. The molecule has 1 fully saturated rings. The van der Waals surface area contributed by atoms with E-state index in [4.69, 9.17) is 18.9 Å². The Morgan fingerprint density at radius 3 is 2.17 bits per heavy atom. The predicted molar refractivity (Wildman–Crippen MR) is 144 cm³/mol. The third kappa shape index (κ3) is 5.29. The van der Waals surface area contributed by atoms with Crippen LogP contribution in [-0.4, -0.2) is 43.7 Å². The summed E-state index contributed by atoms with van der Waals surface area (Å²) in [5.41, 5.74) is 0.166. The highest BCUT2D eigenvalue weighted by molar-refractivity contribution is 6.51. The Hall–Kier alpha value is -4.60. The van der Waals surface area contributed by atoms with Crippen LogP contribution in [0.15, 0.2) is 60.2 Å². The van der Waals surface area contributed by atoms with Gasteiger partial charge in [0.05, 0.1) is 44.1 Å². The molecule has 0 saturated carbocycles. The topological polar surface area (TPSA) is 94.5 Å². The number of amides is 1. The zero-order chi connectivity index (χ0) is 29.0. The monoisotopic (exact) mass is 553 g/mol. The molecule has 1 aliphatic heterocycles. The number of aliphatic hydroxyl groups is 1. The van der Waals surface area contributed by atoms with E-state index in [1.165, 1.54) is 19.2 Å². The number of ether oxygens (including phenoxy) is 4. The van der Waals surface area contributed by atoms with Gasteiger partial charge in [-0.2, -0.15) is 0 Å². The minimum absolute atomic E-state index is 0.0736. The number of hydrogen-bond donors (Lipinski definition) is 1. The summed E-state index contributed by atoms with van der Waals surface area (Å²) in [6.45, 7) is 6.30. The molecule has 10 heteroatoms. The van der Waals surface area contributed by atoms with Crippen LogP contribution < -0.4 is 23.8 Å². The van der Waals surface area contributed by atoms with Crippen molar-refractivity contribution >= 4 is 23.1 Å². The molecule has 0 aliphatic carbocycles. The molecule has 1 atom stereocenters. The maximum Gasteiger partial charge on any atom is 0.300 e. The van der Waals surface area contributed by atoms with Crippen molar-refractivity contribution in [2.75, 3.05) is 31.8 Å². The van der Waals surface area contributed by atoms with E-state index in [1.54, 1.807) is 44.2 Å². The van der Waals surface area contributed by atoms with Crippen molar-refractivity contribution in [1.29, 1.82) is 0 Å². The van der Waals surface area contributed by atoms with Crippen LogP contribution in [0.4, 0.5) is 14.5 Å². The smallest absolute Gasteiger partial charge is 0.300 e. The lowest BCUT2D eigenvalue weighted by Gasteiger charge is -2.26. The van der Waals surface area contributed by atoms with Crippen LogP contribution in [0.5, 0.6) is 23.0 Å². The van der Waals surface area contributed by atoms with Gasteiger partial charge in [0, 0.05) is 17.8 Å². The molecule has 0 aromatic heterocycles. The Balaban J connectivity index is 1.98. The predicted octanol–water partition coefficient (Wildman–Crippen LogP) is 5.80. The molecule has 40 heavy (non-hydrogen) atoms. The molecule has 4 rings (SSSR count). The highest BCUT2D eigenvalue weighted by Crippen LogP contribution is 2.45. The minimum atomic E-state index is -1.23. The van der Waals surface area contributed by atoms with E-state index in [1.807, 2.05) is 6.92 Å². The number of halogens is 2. The van der Waals surface area contributed by atoms with Gasteiger partial charge in [-0.25, -0.2) is 8.78 Å². The molecule has 3 aromatic carbocycles. The summed E-state index contributed by atoms with van der Waals surface area (Å²) in [7, 11) is 1.46. The number of aliphatic hydroxyl groups excluding tert-OH is 1. The summed E-state index contributed by atoms with van der Waals surface area (Å²) >= 11 is 0. The summed E-state index contributed by atoms with van der Waals surface area (Å²) < 4.78 is 50.4. The number of benzene rings is 3. The van der Waals surface area contributed by atoms with Crippen molar-refractivity contribution in [3.63, 3.8) is 0 Å². The summed E-state index contributed by atoms with van der Waals surface area (Å²) in [5, 5.41) is 11.6. The van der Waals surface area contributed by atoms with E-state index in [0.29, 0.717) is 36.0 Å². The van der Waals surface area contributed by atoms with Gasteiger partial charge in [0.15, 0.2) is 23.1 Å². The number of methoxy groups -OCH3 is 1. The van der Waals surface area contributed by atoms with Crippen LogP contribution in [0.3, 0.4) is 0 Å². The highest BCUT2D eigenvalue weighted by Gasteiger charge is 2.47. The van der Waals surface area contributed by atoms with Crippen molar-refractivity contribution in [2.45, 2.75) is 26.8 Å². The van der Waals surface area contributed by atoms with Gasteiger partial charge in [-0.05, 0) is 62.7 Å². The number of Topliss-reactive ketones (excluding diaryl/α,β-unsaturated/α-hetero) is 1. The fourth-order valence-electron chi connectivity index (χ4n) is 4.56. The lowest BCUT2D eigenvalue weighted by Crippen LogP contribution is -2.29. The van der Waals surface area contributed by atoms with Gasteiger partial charge in [-0.1, -0.05) is 6.07 Å². The Kier molecular flexibility index (Phi) is 8.57. The first-order valence-electron chi connectivity index (χ1n) is 12.7. The lowest BCUT2D eigenvalue weighted by molar-refractivity contribution is -0.132. The number of ketones is 1. The molecule has 0 radical (unpaired) electrons. The quantitative estimate of drug-likeness (QED) is 0.193. The van der Waals surface area contributed by atoms with Crippen LogP contribution in [0.25, 0.3) is 5.76 Å². The van der Waals surface area contributed by atoms with E-state index in [0.717, 1.165) is 17.0 Å². The molecule has 210 valence electrons. The molecule has 1 heterocycles. The Morgan fingerprint density at radius 2 is 1.52 bits per heavy atom. The van der Waals surface area contributed by atoms with Gasteiger partial charge in [0.25, 0.3) is 11.7 Å². The minimum Gasteiger partial charge on any atom is -0.507 e. The average Bonchev–Trinajstić information content (AvgIpc) is 3.20. The second-order valence-corrected chi connectivity index (χ2v) is 8.63. The van der Waals surface area contributed by atoms with E-state index in [9.17, 15) is 23.5 Å². The van der Waals surface area contributed by atoms with Crippen LogP contribution in [0, 0.1) is 11.6 Å². The first-order valence-corrected chi connectivity index (χ1v) is 12.7. The van der Waals surface area contributed by atoms with Crippen molar-refractivity contribution in [3.05, 3.63) is 82.9 Å². The summed E-state index contributed by atoms with van der Waals surface area (Å²) in [5.74, 6) is -3.42. The van der Waals surface area contributed by atoms with Gasteiger partial charge in [0.2, 0.25) is 0 Å². The van der Waals surface area contributed by atoms with Crippen molar-refractivity contribution in [1.82, 2.24) is 0 Å². The standard InChI is InChI=1S/C30H29F2NO7/c1-5-38-19-10-11-20(24(16-19)39-6-2)28(34)26-27(17-8-13-23(37-4)25(14-17)40-7-3)33(30(36)29(26)35)18-9-12-21(31)22(32)15-18/h8-16,27,34H,5-7H2,1-4H3/b28-26+. The number of anilines is 1. The molecule has 1 saturated heterocycles. The van der Waals surface area contributed by atoms with E-state index in [2.05, 4.69) is 0 Å². The third-order valence-electron chi connectivity index (χ3n) is 6.25. The molecular formula is C30H29F2NO7. The molecule has 8 nitrogen and oxygen atoms in total. The van der Waals surface area contributed by atoms with Crippen LogP contribution in [0.2, 0.25) is 0 Å². The zero-order valence-electron chi connectivity index (χ0n) is 22.5. The number of carbonyl (C=O) groups is 2. The number of rotatable bonds is 10. The highest BCUT2D eigenvalue weighted by atomic mass is 19.2. The van der Waals surface area contributed by atoms with Gasteiger partial charge in [-0.3, -0.25) is 14.5 Å². The van der Waals surface area contributed by atoms with Gasteiger partial charge < -0.3 is 24.1 Å². The second kappa shape index (κ2) is 12.1. The molecule has 0 spiro atoms. The van der Waals surface area contributed by atoms with Crippen molar-refractivity contribution in [3.8, 4) is 23.0 Å². The largest absolute Gasteiger partial charge is 0.507 e. The fourth-order valence-corrected chi connectivity index (χ4v) is 4.56. The van der Waals surface area contributed by atoms with E-state index < -0.39 is 35.1 Å². The molecular weight excluding hydrogens is 524 g/mol. The van der Waals surface area contributed by atoms with E-state index in [-0.39, 0.29) is 29.2 Å². The maximum absolute atomic E-state index is 14.3. The van der Waals surface area contributed by atoms with Gasteiger partial charge >= 0.3 is 0 Å². The first-order chi connectivity index (χ1) is 19.2. The SMILES string of the molecule is CCOc1ccc(/C(O)=C2\C(=O)C(=O)N(c3ccc(F)c(F)c3)C2c2ccc(OC)c(OCC)c2)c(OCC)c1. The zero-order valence-corrected chi connectivity index (χ0v) is 22.5. The number of hydrogen-bond acceptors (Lipinski definition) is 7. The normalized spacial score (nSPS) is 16.2. The summed E-state index contributed by atoms with van der Waals surface area (Å²) in [6, 6.07) is 11.1. The maximum atomic E-state index is 14.3. The van der Waals surface area contributed by atoms with Crippen LogP contribution in [0.1, 0.15) is 37.9 Å². The van der Waals surface area contributed by atoms with Gasteiger partial charge in [0.1, 0.15) is 17.3 Å². The average molecular weight is 554 g/mol. The molecule has 0 bridgehead atoms. The first kappa shape index (κ1) is 28.4. The number of carbonyl (C=O) groups excluding carboxylic acids is 2. The Morgan fingerprint density at radius 1 is 0.825 bits per heavy atom. The third-order valence-corrected chi connectivity index (χ3v) is 6.25. The summed E-state index contributed by atoms with van der Waals surface area (Å²) in [6.07, 6.45) is 0. The van der Waals surface area contributed by atoms with E-state index >= 15 is 0 Å². The Labute approximate surface area is 230 Å². The van der Waals surface area contributed by atoms with Crippen LogP contribution in [-0.2, 0) is 9.59 Å². The molecule has 1 aliphatic rings.